The molecule has 3 aliphatic rings. The fourth-order valence-electron chi connectivity index (χ4n) is 5.68. The van der Waals surface area contributed by atoms with E-state index in [9.17, 15) is 15.3 Å². The highest BCUT2D eigenvalue weighted by molar-refractivity contribution is 5.38. The molecule has 3 heteroatoms. The second-order valence-corrected chi connectivity index (χ2v) is 8.99. The van der Waals surface area contributed by atoms with E-state index in [1.165, 1.54) is 5.57 Å². The van der Waals surface area contributed by atoms with Crippen molar-refractivity contribution in [3.05, 3.63) is 23.3 Å². The number of fused-ring (bicyclic) bond motifs is 2. The predicted octanol–water partition coefficient (Wildman–Crippen LogP) is 3.34. The molecular formula is C20H32O3. The molecule has 0 bridgehead atoms. The van der Waals surface area contributed by atoms with Gasteiger partial charge in [-0.05, 0) is 61.0 Å². The lowest BCUT2D eigenvalue weighted by molar-refractivity contribution is -0.150. The second-order valence-electron chi connectivity index (χ2n) is 8.99. The molecule has 23 heavy (non-hydrogen) atoms. The Morgan fingerprint density at radius 3 is 2.43 bits per heavy atom. The Morgan fingerprint density at radius 1 is 1.17 bits per heavy atom. The Kier molecular flexibility index (Phi) is 3.87. The molecule has 0 aromatic rings. The van der Waals surface area contributed by atoms with Gasteiger partial charge in [0.25, 0.3) is 0 Å². The number of aliphatic hydroxyl groups excluding tert-OH is 2. The molecule has 0 amide bonds. The quantitative estimate of drug-likeness (QED) is 0.649. The molecule has 2 fully saturated rings. The van der Waals surface area contributed by atoms with Crippen LogP contribution in [0.1, 0.15) is 66.2 Å². The van der Waals surface area contributed by atoms with Crippen LogP contribution < -0.4 is 0 Å². The van der Waals surface area contributed by atoms with Gasteiger partial charge in [-0.3, -0.25) is 0 Å². The van der Waals surface area contributed by atoms with Crippen molar-refractivity contribution in [2.75, 3.05) is 0 Å². The average molecular weight is 320 g/mol. The van der Waals surface area contributed by atoms with E-state index in [2.05, 4.69) is 27.4 Å². The maximum absolute atomic E-state index is 11.6. The van der Waals surface area contributed by atoms with Crippen LogP contribution in [0.3, 0.4) is 0 Å². The summed E-state index contributed by atoms with van der Waals surface area (Å²) in [7, 11) is 0. The highest BCUT2D eigenvalue weighted by Crippen LogP contribution is 2.62. The molecule has 0 aliphatic heterocycles. The summed E-state index contributed by atoms with van der Waals surface area (Å²) in [6.07, 6.45) is 3.04. The molecule has 0 aromatic heterocycles. The van der Waals surface area contributed by atoms with E-state index in [-0.39, 0.29) is 5.41 Å². The Labute approximate surface area is 140 Å². The lowest BCUT2D eigenvalue weighted by Gasteiger charge is -2.53. The molecule has 0 saturated heterocycles. The van der Waals surface area contributed by atoms with Gasteiger partial charge in [0.05, 0.1) is 17.8 Å². The molecular weight excluding hydrogens is 288 g/mol. The van der Waals surface area contributed by atoms with Gasteiger partial charge < -0.3 is 15.3 Å². The van der Waals surface area contributed by atoms with Crippen LogP contribution in [0.4, 0.5) is 0 Å². The first-order chi connectivity index (χ1) is 10.5. The van der Waals surface area contributed by atoms with Gasteiger partial charge in [0.1, 0.15) is 0 Å². The molecule has 130 valence electrons. The lowest BCUT2D eigenvalue weighted by atomic mass is 9.56. The third kappa shape index (κ3) is 2.20. The first-order valence-electron chi connectivity index (χ1n) is 9.05. The third-order valence-corrected chi connectivity index (χ3v) is 7.22. The Hall–Kier alpha value is -0.640. The minimum absolute atomic E-state index is 0.203. The molecule has 0 spiro atoms. The van der Waals surface area contributed by atoms with Crippen LogP contribution in [-0.4, -0.2) is 33.1 Å². The zero-order valence-corrected chi connectivity index (χ0v) is 15.0. The van der Waals surface area contributed by atoms with Crippen molar-refractivity contribution in [2.45, 2.75) is 84.0 Å². The van der Waals surface area contributed by atoms with Gasteiger partial charge in [-0.15, -0.1) is 0 Å². The van der Waals surface area contributed by atoms with E-state index in [0.717, 1.165) is 24.0 Å². The van der Waals surface area contributed by atoms with Gasteiger partial charge in [0, 0.05) is 5.41 Å². The van der Waals surface area contributed by atoms with E-state index in [1.807, 2.05) is 6.92 Å². The number of rotatable bonds is 1. The van der Waals surface area contributed by atoms with Gasteiger partial charge in [-0.2, -0.15) is 0 Å². The molecule has 0 radical (unpaired) electrons. The normalized spacial score (nSPS) is 47.6. The summed E-state index contributed by atoms with van der Waals surface area (Å²) in [6.45, 7) is 12.6. The highest BCUT2D eigenvalue weighted by atomic mass is 16.3. The van der Waals surface area contributed by atoms with E-state index < -0.39 is 23.2 Å². The van der Waals surface area contributed by atoms with Crippen LogP contribution in [0, 0.1) is 16.7 Å². The van der Waals surface area contributed by atoms with Gasteiger partial charge in [-0.25, -0.2) is 0 Å². The summed E-state index contributed by atoms with van der Waals surface area (Å²) < 4.78 is 0. The minimum atomic E-state index is -1.10. The molecule has 3 aliphatic carbocycles. The summed E-state index contributed by atoms with van der Waals surface area (Å²) >= 11 is 0. The van der Waals surface area contributed by atoms with Crippen molar-refractivity contribution in [3.8, 4) is 0 Å². The van der Waals surface area contributed by atoms with Crippen LogP contribution in [0.25, 0.3) is 0 Å². The summed E-state index contributed by atoms with van der Waals surface area (Å²) in [6, 6.07) is 0. The van der Waals surface area contributed by atoms with Gasteiger partial charge in [0.2, 0.25) is 0 Å². The summed E-state index contributed by atoms with van der Waals surface area (Å²) in [5, 5.41) is 33.4. The van der Waals surface area contributed by atoms with E-state index >= 15 is 0 Å². The Bertz CT molecular complexity index is 563. The highest BCUT2D eigenvalue weighted by Gasteiger charge is 2.62. The third-order valence-electron chi connectivity index (χ3n) is 7.22. The lowest BCUT2D eigenvalue weighted by Crippen LogP contribution is -2.58. The second kappa shape index (κ2) is 5.18. The van der Waals surface area contributed by atoms with E-state index in [4.69, 9.17) is 0 Å². The van der Waals surface area contributed by atoms with Crippen molar-refractivity contribution in [1.29, 1.82) is 0 Å². The van der Waals surface area contributed by atoms with Crippen molar-refractivity contribution < 1.29 is 15.3 Å². The Morgan fingerprint density at radius 2 is 1.83 bits per heavy atom. The zero-order valence-electron chi connectivity index (χ0n) is 15.0. The smallest absolute Gasteiger partial charge is 0.0941 e. The maximum atomic E-state index is 11.6. The number of aliphatic hydroxyl groups is 3. The molecule has 5 unspecified atom stereocenters. The number of hydrogen-bond donors (Lipinski definition) is 3. The number of allylic oxidation sites excluding steroid dienone is 1. The van der Waals surface area contributed by atoms with Crippen LogP contribution >= 0.6 is 0 Å². The fourth-order valence-corrected chi connectivity index (χ4v) is 5.68. The fraction of sp³-hybridized carbons (Fsp3) is 0.800. The average Bonchev–Trinajstić information content (AvgIpc) is 2.76. The first-order valence-corrected chi connectivity index (χ1v) is 9.05. The largest absolute Gasteiger partial charge is 0.392 e. The van der Waals surface area contributed by atoms with Crippen molar-refractivity contribution in [2.24, 2.45) is 16.7 Å². The summed E-state index contributed by atoms with van der Waals surface area (Å²) in [5.41, 5.74) is 1.28. The molecule has 2 saturated carbocycles. The molecule has 0 aromatic carbocycles. The number of hydrogen-bond acceptors (Lipinski definition) is 3. The van der Waals surface area contributed by atoms with Crippen LogP contribution in [0.5, 0.6) is 0 Å². The maximum Gasteiger partial charge on any atom is 0.0941 e. The SMILES string of the molecule is C=C1CCC(O)C2(C)CC(O)C3=C(C(C)C)CCC3(C)CC12O. The van der Waals surface area contributed by atoms with Crippen LogP contribution in [0.2, 0.25) is 0 Å². The first kappa shape index (κ1) is 17.2. The summed E-state index contributed by atoms with van der Waals surface area (Å²) in [4.78, 5) is 0. The molecule has 3 nitrogen and oxygen atoms in total. The van der Waals surface area contributed by atoms with Gasteiger partial charge in [-0.1, -0.05) is 39.8 Å². The van der Waals surface area contributed by atoms with Crippen molar-refractivity contribution in [1.82, 2.24) is 0 Å². The summed E-state index contributed by atoms with van der Waals surface area (Å²) in [5.74, 6) is 0.414. The van der Waals surface area contributed by atoms with Gasteiger partial charge >= 0.3 is 0 Å². The van der Waals surface area contributed by atoms with E-state index in [0.29, 0.717) is 31.6 Å². The molecule has 3 N–H and O–H groups in total. The topological polar surface area (TPSA) is 60.7 Å². The van der Waals surface area contributed by atoms with Gasteiger partial charge in [0.15, 0.2) is 0 Å². The Balaban J connectivity index is 2.16. The molecule has 3 rings (SSSR count). The van der Waals surface area contributed by atoms with E-state index in [1.54, 1.807) is 0 Å². The predicted molar refractivity (Wildman–Crippen MR) is 91.9 cm³/mol. The standard InChI is InChI=1S/C20H32O3/c1-12(2)14-8-9-18(4)11-20(23)13(3)6-7-16(22)19(20,5)10-15(21)17(14)18/h12,15-16,21-23H,3,6-11H2,1-2,4-5H3. The molecule has 5 atom stereocenters. The van der Waals surface area contributed by atoms with Crippen LogP contribution in [0.15, 0.2) is 23.3 Å². The van der Waals surface area contributed by atoms with Crippen LogP contribution in [-0.2, 0) is 0 Å². The van der Waals surface area contributed by atoms with Crippen molar-refractivity contribution >= 4 is 0 Å². The van der Waals surface area contributed by atoms with Crippen molar-refractivity contribution in [3.63, 3.8) is 0 Å². The molecule has 0 heterocycles. The minimum Gasteiger partial charge on any atom is -0.392 e. The monoisotopic (exact) mass is 320 g/mol. The zero-order chi connectivity index (χ0) is 17.2.